The molecule has 0 bridgehead atoms. The van der Waals surface area contributed by atoms with Crippen LogP contribution in [0.25, 0.3) is 0 Å². The van der Waals surface area contributed by atoms with Crippen molar-refractivity contribution >= 4 is 35.1 Å². The van der Waals surface area contributed by atoms with E-state index in [2.05, 4.69) is 20.9 Å². The predicted octanol–water partition coefficient (Wildman–Crippen LogP) is 0.782. The van der Waals surface area contributed by atoms with Gasteiger partial charge in [0.1, 0.15) is 0 Å². The van der Waals surface area contributed by atoms with E-state index < -0.39 is 5.03 Å². The smallest absolute Gasteiger partial charge is 0.251 e. The third kappa shape index (κ3) is 8.62. The van der Waals surface area contributed by atoms with Gasteiger partial charge >= 0.3 is 0 Å². The van der Waals surface area contributed by atoms with Gasteiger partial charge in [-0.25, -0.2) is 15.1 Å². The minimum Gasteiger partial charge on any atom is -0.365 e. The Morgan fingerprint density at radius 3 is 2.70 bits per heavy atom. The molecule has 2 atom stereocenters. The molecule has 1 aromatic carbocycles. The summed E-state index contributed by atoms with van der Waals surface area (Å²) in [5.41, 5.74) is 7.73. The van der Waals surface area contributed by atoms with Crippen LogP contribution in [0.1, 0.15) is 32.1 Å². The third-order valence-corrected chi connectivity index (χ3v) is 4.73. The van der Waals surface area contributed by atoms with Crippen LogP contribution in [-0.4, -0.2) is 48.0 Å². The first-order valence-electron chi connectivity index (χ1n) is 9.63. The summed E-state index contributed by atoms with van der Waals surface area (Å²) in [6.45, 7) is 0.882. The minimum absolute atomic E-state index is 0.0707. The number of nitrogens with two attached hydrogens (primary N) is 1. The molecule has 0 radical (unpaired) electrons. The number of hydrogen-bond donors (Lipinski definition) is 5. The highest BCUT2D eigenvalue weighted by molar-refractivity contribution is 6.30. The summed E-state index contributed by atoms with van der Waals surface area (Å²) < 4.78 is 0. The Morgan fingerprint density at radius 2 is 2.00 bits per heavy atom. The molecule has 2 amide bonds. The maximum atomic E-state index is 12.3. The van der Waals surface area contributed by atoms with Crippen LogP contribution in [0.4, 0.5) is 5.69 Å². The molecule has 11 nitrogen and oxygen atoms in total. The number of nitro groups is 1. The van der Waals surface area contributed by atoms with Crippen LogP contribution in [0.2, 0.25) is 5.02 Å². The van der Waals surface area contributed by atoms with Gasteiger partial charge in [0.05, 0.1) is 6.04 Å². The molecular formula is C18H26ClN7O4. The Hall–Kier alpha value is -2.92. The SMILES string of the molecule is NC(=NCCCCCC(=O)N[C@@H]1CN[C@H](C(=O)Nc2ccc(Cl)cc2)C1)N[N+](=O)[O-]. The molecular weight excluding hydrogens is 414 g/mol. The van der Waals surface area contributed by atoms with Crippen molar-refractivity contribution in [3.8, 4) is 0 Å². The first-order valence-corrected chi connectivity index (χ1v) is 10.0. The number of anilines is 1. The lowest BCUT2D eigenvalue weighted by molar-refractivity contribution is -0.525. The number of hydrazine groups is 1. The zero-order valence-corrected chi connectivity index (χ0v) is 17.2. The number of nitrogens with one attached hydrogen (secondary N) is 4. The van der Waals surface area contributed by atoms with Gasteiger partial charge in [0.25, 0.3) is 5.96 Å². The summed E-state index contributed by atoms with van der Waals surface area (Å²) in [6, 6.07) is 6.39. The van der Waals surface area contributed by atoms with Crippen LogP contribution >= 0.6 is 11.6 Å². The van der Waals surface area contributed by atoms with Gasteiger partial charge in [0.15, 0.2) is 5.03 Å². The lowest BCUT2D eigenvalue weighted by Crippen LogP contribution is -2.36. The minimum atomic E-state index is -0.771. The van der Waals surface area contributed by atoms with Gasteiger partial charge < -0.3 is 21.7 Å². The molecule has 0 saturated carbocycles. The number of guanidine groups is 1. The van der Waals surface area contributed by atoms with Crippen LogP contribution in [0.15, 0.2) is 29.3 Å². The van der Waals surface area contributed by atoms with Crippen molar-refractivity contribution in [1.29, 1.82) is 0 Å². The summed E-state index contributed by atoms with van der Waals surface area (Å²) in [5, 5.41) is 18.9. The van der Waals surface area contributed by atoms with E-state index in [1.807, 2.05) is 0 Å². The maximum absolute atomic E-state index is 12.3. The number of carbonyl (C=O) groups excluding carboxylic acids is 2. The van der Waals surface area contributed by atoms with Crippen molar-refractivity contribution in [2.45, 2.75) is 44.2 Å². The number of unbranched alkanes of at least 4 members (excludes halogenated alkanes) is 2. The van der Waals surface area contributed by atoms with Crippen molar-refractivity contribution in [3.63, 3.8) is 0 Å². The van der Waals surface area contributed by atoms with E-state index in [1.54, 1.807) is 29.7 Å². The second kappa shape index (κ2) is 11.9. The Bertz CT molecular complexity index is 772. The van der Waals surface area contributed by atoms with Crippen LogP contribution < -0.4 is 27.1 Å². The molecule has 1 aromatic rings. The van der Waals surface area contributed by atoms with Crippen LogP contribution in [-0.2, 0) is 9.59 Å². The largest absolute Gasteiger partial charge is 0.365 e. The quantitative estimate of drug-likeness (QED) is 0.118. The van der Waals surface area contributed by atoms with Gasteiger partial charge in [-0.1, -0.05) is 23.4 Å². The second-order valence-electron chi connectivity index (χ2n) is 6.90. The summed E-state index contributed by atoms with van der Waals surface area (Å²) in [4.78, 5) is 38.4. The number of amides is 2. The van der Waals surface area contributed by atoms with Crippen LogP contribution in [0.5, 0.6) is 0 Å². The first kappa shape index (κ1) is 23.4. The van der Waals surface area contributed by atoms with E-state index in [-0.39, 0.29) is 29.9 Å². The third-order valence-electron chi connectivity index (χ3n) is 4.47. The number of rotatable bonds is 10. The fraction of sp³-hybridized carbons (Fsp3) is 0.500. The summed E-state index contributed by atoms with van der Waals surface area (Å²) in [5.74, 6) is -0.458. The van der Waals surface area contributed by atoms with Gasteiger partial charge in [-0.05, 0) is 43.5 Å². The van der Waals surface area contributed by atoms with E-state index in [4.69, 9.17) is 17.3 Å². The first-order chi connectivity index (χ1) is 14.3. The molecule has 0 aliphatic carbocycles. The van der Waals surface area contributed by atoms with E-state index in [0.717, 1.165) is 6.42 Å². The molecule has 6 N–H and O–H groups in total. The highest BCUT2D eigenvalue weighted by Gasteiger charge is 2.30. The summed E-state index contributed by atoms with van der Waals surface area (Å²) in [7, 11) is 0. The average molecular weight is 440 g/mol. The maximum Gasteiger partial charge on any atom is 0.251 e. The fourth-order valence-corrected chi connectivity index (χ4v) is 3.14. The van der Waals surface area contributed by atoms with Crippen LogP contribution in [0.3, 0.4) is 0 Å². The van der Waals surface area contributed by atoms with E-state index in [9.17, 15) is 19.7 Å². The number of benzene rings is 1. The van der Waals surface area contributed by atoms with Crippen molar-refractivity contribution in [2.24, 2.45) is 10.7 Å². The Kier molecular flexibility index (Phi) is 9.29. The van der Waals surface area contributed by atoms with Gasteiger partial charge in [0.2, 0.25) is 11.8 Å². The van der Waals surface area contributed by atoms with E-state index >= 15 is 0 Å². The predicted molar refractivity (Wildman–Crippen MR) is 114 cm³/mol. The molecule has 0 spiro atoms. The standard InChI is InChI=1S/C18H26ClN7O4/c19-12-5-7-13(8-6-12)24-17(28)15-10-14(11-22-15)23-16(27)4-2-1-3-9-21-18(20)25-26(29)30/h5-8,14-15,22H,1-4,9-11H2,(H,23,27)(H,24,28)(H3,20,21,25)/t14-,15-/m0/s1. The Morgan fingerprint density at radius 1 is 1.27 bits per heavy atom. The number of halogens is 1. The van der Waals surface area contributed by atoms with Crippen LogP contribution in [0, 0.1) is 10.1 Å². The van der Waals surface area contributed by atoms with Gasteiger partial charge in [-0.15, -0.1) is 0 Å². The molecule has 164 valence electrons. The van der Waals surface area contributed by atoms with Gasteiger partial charge in [-0.2, -0.15) is 0 Å². The normalized spacial score (nSPS) is 18.6. The van der Waals surface area contributed by atoms with Crippen molar-refractivity contribution in [2.75, 3.05) is 18.4 Å². The topological polar surface area (TPSA) is 164 Å². The number of carbonyl (C=O) groups is 2. The Labute approximate surface area is 178 Å². The van der Waals surface area contributed by atoms with Gasteiger partial charge in [0, 0.05) is 36.3 Å². The van der Waals surface area contributed by atoms with Crippen molar-refractivity contribution in [3.05, 3.63) is 39.4 Å². The van der Waals surface area contributed by atoms with E-state index in [1.165, 1.54) is 0 Å². The highest BCUT2D eigenvalue weighted by atomic mass is 35.5. The van der Waals surface area contributed by atoms with Crippen molar-refractivity contribution in [1.82, 2.24) is 16.1 Å². The Balaban J connectivity index is 1.59. The number of aliphatic imine (C=N–C) groups is 1. The fourth-order valence-electron chi connectivity index (χ4n) is 3.01. The van der Waals surface area contributed by atoms with Gasteiger partial charge in [-0.3, -0.25) is 9.59 Å². The molecule has 30 heavy (non-hydrogen) atoms. The molecule has 2 rings (SSSR count). The molecule has 0 unspecified atom stereocenters. The number of hydrogen-bond acceptors (Lipinski definition) is 6. The molecule has 1 aliphatic rings. The van der Waals surface area contributed by atoms with Crippen molar-refractivity contribution < 1.29 is 14.6 Å². The molecule has 12 heteroatoms. The highest BCUT2D eigenvalue weighted by Crippen LogP contribution is 2.15. The molecule has 1 heterocycles. The molecule has 1 aliphatic heterocycles. The number of nitrogens with zero attached hydrogens (tertiary/aromatic N) is 2. The summed E-state index contributed by atoms with van der Waals surface area (Å²) >= 11 is 5.83. The monoisotopic (exact) mass is 439 g/mol. The zero-order valence-electron chi connectivity index (χ0n) is 16.4. The van der Waals surface area contributed by atoms with E-state index in [0.29, 0.717) is 49.5 Å². The lowest BCUT2D eigenvalue weighted by atomic mass is 10.1. The average Bonchev–Trinajstić information content (AvgIpc) is 3.14. The lowest BCUT2D eigenvalue weighted by Gasteiger charge is -2.13. The zero-order chi connectivity index (χ0) is 21.9. The molecule has 1 fully saturated rings. The molecule has 1 saturated heterocycles. The molecule has 0 aromatic heterocycles. The summed E-state index contributed by atoms with van der Waals surface area (Å²) in [6.07, 6.45) is 2.97. The second-order valence-corrected chi connectivity index (χ2v) is 7.34.